The average molecular weight is 410 g/mol. The molecule has 1 aliphatic rings. The van der Waals surface area contributed by atoms with Crippen LogP contribution in [-0.2, 0) is 14.1 Å². The van der Waals surface area contributed by atoms with E-state index in [0.29, 0.717) is 25.9 Å². The molecule has 9 heteroatoms. The van der Waals surface area contributed by atoms with Crippen LogP contribution in [0.4, 0.5) is 0 Å². The maximum atomic E-state index is 11.6. The van der Waals surface area contributed by atoms with Crippen molar-refractivity contribution in [3.8, 4) is 0 Å². The fraction of sp³-hybridized carbons (Fsp3) is 0.579. The third-order valence-corrected chi connectivity index (χ3v) is 5.65. The lowest BCUT2D eigenvalue weighted by molar-refractivity contribution is -0.118. The SMILES string of the molecule is CC(=O)NCCCCCC(O)(P=O)[C@@H]1CN[C@H](c2cccc(C(=O)O)c2)CO1. The Hall–Kier alpha value is -1.86. The molecule has 28 heavy (non-hydrogen) atoms. The van der Waals surface area contributed by atoms with Crippen LogP contribution in [0.15, 0.2) is 24.3 Å². The number of morpholine rings is 1. The second-order valence-electron chi connectivity index (χ2n) is 6.98. The normalized spacial score (nSPS) is 21.8. The van der Waals surface area contributed by atoms with E-state index < -0.39 is 17.4 Å². The molecule has 1 aliphatic heterocycles. The van der Waals surface area contributed by atoms with Crippen molar-refractivity contribution >= 4 is 20.3 Å². The van der Waals surface area contributed by atoms with E-state index in [1.807, 2.05) is 6.07 Å². The first-order valence-corrected chi connectivity index (χ1v) is 10.2. The highest BCUT2D eigenvalue weighted by atomic mass is 31.1. The maximum absolute atomic E-state index is 11.6. The summed E-state index contributed by atoms with van der Waals surface area (Å²) < 4.78 is 17.4. The van der Waals surface area contributed by atoms with Crippen molar-refractivity contribution in [2.75, 3.05) is 19.7 Å². The molecule has 0 bridgehead atoms. The van der Waals surface area contributed by atoms with Crippen molar-refractivity contribution in [3.63, 3.8) is 0 Å². The summed E-state index contributed by atoms with van der Waals surface area (Å²) in [7, 11) is -0.384. The molecule has 0 radical (unpaired) electrons. The molecule has 1 aromatic carbocycles. The summed E-state index contributed by atoms with van der Waals surface area (Å²) in [6, 6.07) is 6.43. The molecule has 4 N–H and O–H groups in total. The number of carbonyl (C=O) groups excluding carboxylic acids is 1. The number of amides is 1. The fourth-order valence-electron chi connectivity index (χ4n) is 3.20. The third-order valence-electron chi connectivity index (χ3n) is 4.82. The first-order valence-electron chi connectivity index (χ1n) is 9.35. The van der Waals surface area contributed by atoms with Crippen LogP contribution in [0.3, 0.4) is 0 Å². The molecule has 1 saturated heterocycles. The van der Waals surface area contributed by atoms with E-state index in [1.165, 1.54) is 13.0 Å². The molecule has 1 unspecified atom stereocenters. The van der Waals surface area contributed by atoms with Gasteiger partial charge in [-0.05, 0) is 37.0 Å². The Balaban J connectivity index is 1.84. The van der Waals surface area contributed by atoms with Crippen LogP contribution in [-0.4, -0.2) is 53.2 Å². The number of carboxylic acid groups (broad SMARTS) is 1. The van der Waals surface area contributed by atoms with Gasteiger partial charge in [0, 0.05) is 20.0 Å². The Kier molecular flexibility index (Phi) is 8.51. The van der Waals surface area contributed by atoms with Crippen LogP contribution < -0.4 is 10.6 Å². The molecule has 0 spiro atoms. The van der Waals surface area contributed by atoms with Crippen molar-refractivity contribution in [2.24, 2.45) is 0 Å². The van der Waals surface area contributed by atoms with E-state index in [4.69, 9.17) is 9.84 Å². The second kappa shape index (κ2) is 10.6. The van der Waals surface area contributed by atoms with Crippen LogP contribution in [0, 0.1) is 0 Å². The van der Waals surface area contributed by atoms with Gasteiger partial charge in [0.2, 0.25) is 5.91 Å². The van der Waals surface area contributed by atoms with Crippen molar-refractivity contribution in [2.45, 2.75) is 50.1 Å². The lowest BCUT2D eigenvalue weighted by atomic mass is 10.00. The van der Waals surface area contributed by atoms with Gasteiger partial charge in [0.05, 0.1) is 18.2 Å². The number of rotatable bonds is 10. The third kappa shape index (κ3) is 6.34. The Morgan fingerprint density at radius 3 is 2.75 bits per heavy atom. The number of unbranched alkanes of at least 4 members (excludes halogenated alkanes) is 2. The van der Waals surface area contributed by atoms with Gasteiger partial charge in [0.1, 0.15) is 6.10 Å². The van der Waals surface area contributed by atoms with Crippen LogP contribution in [0.5, 0.6) is 0 Å². The number of ether oxygens (including phenoxy) is 1. The van der Waals surface area contributed by atoms with Crippen molar-refractivity contribution < 1.29 is 29.1 Å². The van der Waals surface area contributed by atoms with Crippen LogP contribution in [0.25, 0.3) is 0 Å². The summed E-state index contributed by atoms with van der Waals surface area (Å²) in [6.07, 6.45) is 1.94. The summed E-state index contributed by atoms with van der Waals surface area (Å²) in [5.74, 6) is -1.06. The number of hydrogen-bond acceptors (Lipinski definition) is 6. The van der Waals surface area contributed by atoms with Gasteiger partial charge in [-0.1, -0.05) is 18.6 Å². The second-order valence-corrected chi connectivity index (χ2v) is 7.93. The highest BCUT2D eigenvalue weighted by Crippen LogP contribution is 2.34. The fourth-order valence-corrected chi connectivity index (χ4v) is 3.73. The number of aliphatic hydroxyl groups is 1. The molecule has 1 amide bonds. The van der Waals surface area contributed by atoms with Gasteiger partial charge in [-0.25, -0.2) is 4.79 Å². The maximum Gasteiger partial charge on any atom is 0.335 e. The first kappa shape index (κ1) is 22.4. The molecule has 8 nitrogen and oxygen atoms in total. The highest BCUT2D eigenvalue weighted by molar-refractivity contribution is 7.25. The highest BCUT2D eigenvalue weighted by Gasteiger charge is 2.41. The lowest BCUT2D eigenvalue weighted by Crippen LogP contribution is -2.51. The van der Waals surface area contributed by atoms with Gasteiger partial charge in [-0.3, -0.25) is 9.36 Å². The minimum absolute atomic E-state index is 0.0697. The molecule has 0 aliphatic carbocycles. The topological polar surface area (TPSA) is 125 Å². The average Bonchev–Trinajstić information content (AvgIpc) is 2.70. The summed E-state index contributed by atoms with van der Waals surface area (Å²) in [5.41, 5.74) is 0.995. The van der Waals surface area contributed by atoms with Gasteiger partial charge in [-0.2, -0.15) is 0 Å². The predicted octanol–water partition coefficient (Wildman–Crippen LogP) is 2.09. The van der Waals surface area contributed by atoms with Crippen molar-refractivity contribution in [1.29, 1.82) is 0 Å². The first-order chi connectivity index (χ1) is 13.4. The number of carbonyl (C=O) groups is 2. The Morgan fingerprint density at radius 2 is 2.14 bits per heavy atom. The number of aromatic carboxylic acids is 1. The Morgan fingerprint density at radius 1 is 1.36 bits per heavy atom. The summed E-state index contributed by atoms with van der Waals surface area (Å²) >= 11 is 0. The lowest BCUT2D eigenvalue weighted by Gasteiger charge is -2.37. The largest absolute Gasteiger partial charge is 0.478 e. The van der Waals surface area contributed by atoms with Gasteiger partial charge < -0.3 is 25.6 Å². The number of carboxylic acids is 1. The summed E-state index contributed by atoms with van der Waals surface area (Å²) in [6.45, 7) is 2.60. The predicted molar refractivity (Wildman–Crippen MR) is 104 cm³/mol. The van der Waals surface area contributed by atoms with Gasteiger partial charge in [0.15, 0.2) is 13.8 Å². The van der Waals surface area contributed by atoms with Crippen LogP contribution >= 0.6 is 8.46 Å². The Labute approximate surface area is 165 Å². The molecule has 0 aromatic heterocycles. The molecule has 1 fully saturated rings. The minimum atomic E-state index is -1.48. The summed E-state index contributed by atoms with van der Waals surface area (Å²) in [5, 5.41) is 24.3. The van der Waals surface area contributed by atoms with Crippen LogP contribution in [0.2, 0.25) is 0 Å². The zero-order valence-electron chi connectivity index (χ0n) is 15.9. The van der Waals surface area contributed by atoms with E-state index in [2.05, 4.69) is 10.6 Å². The van der Waals surface area contributed by atoms with E-state index in [9.17, 15) is 19.3 Å². The molecular weight excluding hydrogens is 383 g/mol. The molecule has 3 atom stereocenters. The van der Waals surface area contributed by atoms with E-state index >= 15 is 0 Å². The molecule has 154 valence electrons. The van der Waals surface area contributed by atoms with Crippen molar-refractivity contribution in [1.82, 2.24) is 10.6 Å². The molecule has 1 heterocycles. The van der Waals surface area contributed by atoms with Gasteiger partial charge >= 0.3 is 5.97 Å². The minimum Gasteiger partial charge on any atom is -0.478 e. The quantitative estimate of drug-likeness (QED) is 0.344. The standard InChI is InChI=1S/C19H27N2O6P/c1-13(22)20-9-4-2-3-8-19(25,28-26)17-11-21-16(12-27-17)14-6-5-7-15(10-14)18(23)24/h5-7,10,16-17,21,25H,2-4,8-9,11-12H2,1H3,(H,20,22)(H,23,24)/t16-,17-,19?/m0/s1. The summed E-state index contributed by atoms with van der Waals surface area (Å²) in [4.78, 5) is 21.9. The number of nitrogens with one attached hydrogen (secondary N) is 2. The molecular formula is C19H27N2O6P. The molecule has 0 saturated carbocycles. The van der Waals surface area contributed by atoms with Gasteiger partial charge in [0.25, 0.3) is 0 Å². The van der Waals surface area contributed by atoms with Crippen molar-refractivity contribution in [3.05, 3.63) is 35.4 Å². The van der Waals surface area contributed by atoms with Gasteiger partial charge in [-0.15, -0.1) is 0 Å². The monoisotopic (exact) mass is 410 g/mol. The van der Waals surface area contributed by atoms with E-state index in [1.54, 1.807) is 12.1 Å². The molecule has 2 rings (SSSR count). The van der Waals surface area contributed by atoms with E-state index in [-0.39, 0.29) is 32.6 Å². The number of hydrogen-bond donors (Lipinski definition) is 4. The molecule has 1 aromatic rings. The zero-order valence-corrected chi connectivity index (χ0v) is 16.8. The Bertz CT molecular complexity index is 693. The smallest absolute Gasteiger partial charge is 0.335 e. The zero-order chi connectivity index (χ0) is 20.6. The van der Waals surface area contributed by atoms with Crippen LogP contribution in [0.1, 0.15) is 54.6 Å². The van der Waals surface area contributed by atoms with E-state index in [0.717, 1.165) is 18.4 Å². The number of benzene rings is 1.